The molecule has 74 valence electrons. The van der Waals surface area contributed by atoms with Gasteiger partial charge in [-0.2, -0.15) is 0 Å². The monoisotopic (exact) mass is 188 g/mol. The molecular weight excluding hydrogens is 176 g/mol. The van der Waals surface area contributed by atoms with Crippen molar-refractivity contribution in [3.8, 4) is 0 Å². The van der Waals surface area contributed by atoms with Crippen molar-refractivity contribution in [2.24, 2.45) is 49.7 Å². The smallest absolute Gasteiger partial charge is 0.212 e. The fourth-order valence-corrected chi connectivity index (χ4v) is 0.377. The fraction of sp³-hybridized carbons (Fsp3) is 0. The van der Waals surface area contributed by atoms with E-state index < -0.39 is 0 Å². The molecule has 0 radical (unpaired) electrons. The van der Waals surface area contributed by atoms with E-state index >= 15 is 0 Å². The number of hydrogen-bond acceptors (Lipinski definition) is 4. The molecule has 0 atom stereocenters. The minimum Gasteiger partial charge on any atom is -0.368 e. The SMILES string of the molecule is NC(N)=NN(N=C(N)N)N=C(N)N. The van der Waals surface area contributed by atoms with E-state index in [2.05, 4.69) is 15.3 Å². The van der Waals surface area contributed by atoms with Crippen LogP contribution in [0.25, 0.3) is 0 Å². The Hall–Kier alpha value is -2.39. The van der Waals surface area contributed by atoms with Crippen molar-refractivity contribution in [1.29, 1.82) is 0 Å². The summed E-state index contributed by atoms with van der Waals surface area (Å²) in [6, 6.07) is 0. The van der Waals surface area contributed by atoms with Gasteiger partial charge >= 0.3 is 0 Å². The van der Waals surface area contributed by atoms with Crippen LogP contribution in [0.2, 0.25) is 0 Å². The second-order valence-electron chi connectivity index (χ2n) is 1.84. The van der Waals surface area contributed by atoms with Crippen molar-refractivity contribution < 1.29 is 0 Å². The Balaban J connectivity index is 4.68. The Kier molecular flexibility index (Phi) is 3.66. The first-order chi connectivity index (χ1) is 5.91. The Morgan fingerprint density at radius 3 is 1.00 bits per heavy atom. The van der Waals surface area contributed by atoms with Gasteiger partial charge in [0, 0.05) is 0 Å². The van der Waals surface area contributed by atoms with Gasteiger partial charge in [0.1, 0.15) is 0 Å². The maximum atomic E-state index is 5.03. The molecule has 0 saturated carbocycles. The fourth-order valence-electron chi connectivity index (χ4n) is 0.377. The van der Waals surface area contributed by atoms with Crippen LogP contribution >= 0.6 is 0 Å². The Morgan fingerprint density at radius 1 is 0.615 bits per heavy atom. The van der Waals surface area contributed by atoms with Gasteiger partial charge in [0.05, 0.1) is 0 Å². The highest BCUT2D eigenvalue weighted by molar-refractivity contribution is 5.78. The second kappa shape index (κ2) is 4.48. The second-order valence-corrected chi connectivity index (χ2v) is 1.84. The summed E-state index contributed by atoms with van der Waals surface area (Å²) in [4.78, 5) is 0. The van der Waals surface area contributed by atoms with Crippen LogP contribution in [0.5, 0.6) is 0 Å². The number of hydrogen-bond donors (Lipinski definition) is 6. The van der Waals surface area contributed by atoms with Crippen molar-refractivity contribution in [1.82, 2.24) is 5.23 Å². The van der Waals surface area contributed by atoms with Crippen LogP contribution in [-0.2, 0) is 0 Å². The lowest BCUT2D eigenvalue weighted by molar-refractivity contribution is 0.319. The summed E-state index contributed by atoms with van der Waals surface area (Å²) >= 11 is 0. The highest BCUT2D eigenvalue weighted by Crippen LogP contribution is 1.89. The minimum absolute atomic E-state index is 0.296. The molecule has 0 fully saturated rings. The predicted molar refractivity (Wildman–Crippen MR) is 49.3 cm³/mol. The minimum atomic E-state index is -0.296. The largest absolute Gasteiger partial charge is 0.368 e. The average Bonchev–Trinajstić information content (AvgIpc) is 1.80. The zero-order valence-corrected chi connectivity index (χ0v) is 6.75. The van der Waals surface area contributed by atoms with Gasteiger partial charge in [0.2, 0.25) is 17.9 Å². The van der Waals surface area contributed by atoms with Crippen LogP contribution in [0.4, 0.5) is 0 Å². The van der Waals surface area contributed by atoms with Gasteiger partial charge in [-0.15, -0.1) is 0 Å². The molecule has 13 heavy (non-hydrogen) atoms. The Bertz CT molecular complexity index is 194. The molecule has 0 heterocycles. The van der Waals surface area contributed by atoms with Gasteiger partial charge in [-0.3, -0.25) is 0 Å². The van der Waals surface area contributed by atoms with Crippen LogP contribution in [0, 0.1) is 0 Å². The molecule has 0 rings (SSSR count). The Labute approximate surface area is 73.9 Å². The molecule has 0 aliphatic carbocycles. The molecule has 10 heteroatoms. The van der Waals surface area contributed by atoms with Gasteiger partial charge < -0.3 is 34.4 Å². The zero-order chi connectivity index (χ0) is 10.4. The summed E-state index contributed by atoms with van der Waals surface area (Å²) in [5, 5.41) is 10.7. The van der Waals surface area contributed by atoms with Crippen LogP contribution in [-0.4, -0.2) is 23.1 Å². The predicted octanol–water partition coefficient (Wildman–Crippen LogP) is -4.15. The number of rotatable bonds is 3. The summed E-state index contributed by atoms with van der Waals surface area (Å²) in [6.07, 6.45) is 0. The van der Waals surface area contributed by atoms with Gasteiger partial charge in [-0.05, 0) is 0 Å². The first kappa shape index (κ1) is 10.6. The van der Waals surface area contributed by atoms with E-state index in [4.69, 9.17) is 34.4 Å². The third kappa shape index (κ3) is 6.03. The number of hydrazone groups is 3. The molecule has 0 unspecified atom stereocenters. The maximum absolute atomic E-state index is 5.03. The first-order valence-electron chi connectivity index (χ1n) is 3.00. The Morgan fingerprint density at radius 2 is 0.846 bits per heavy atom. The molecule has 0 bridgehead atoms. The number of nitrogens with zero attached hydrogens (tertiary/aromatic N) is 4. The van der Waals surface area contributed by atoms with Crippen molar-refractivity contribution >= 4 is 17.9 Å². The highest BCUT2D eigenvalue weighted by atomic mass is 15.8. The van der Waals surface area contributed by atoms with Crippen LogP contribution in [0.15, 0.2) is 15.3 Å². The molecule has 0 aliphatic rings. The van der Waals surface area contributed by atoms with E-state index in [1.807, 2.05) is 0 Å². The summed E-state index contributed by atoms with van der Waals surface area (Å²) in [5.41, 5.74) is 30.2. The molecule has 0 saturated heterocycles. The number of nitrogens with two attached hydrogens (primary N) is 6. The van der Waals surface area contributed by atoms with Crippen molar-refractivity contribution in [3.05, 3.63) is 0 Å². The molecular formula is C3H12N10. The van der Waals surface area contributed by atoms with E-state index in [1.54, 1.807) is 0 Å². The summed E-state index contributed by atoms with van der Waals surface area (Å²) in [6.45, 7) is 0. The van der Waals surface area contributed by atoms with Gasteiger partial charge in [-0.25, -0.2) is 0 Å². The lowest BCUT2D eigenvalue weighted by Crippen LogP contribution is -2.32. The molecule has 0 aromatic heterocycles. The molecule has 10 nitrogen and oxygen atoms in total. The molecule has 0 aromatic rings. The summed E-state index contributed by atoms with van der Waals surface area (Å²) < 4.78 is 0. The maximum Gasteiger partial charge on any atom is 0.212 e. The van der Waals surface area contributed by atoms with E-state index in [0.29, 0.717) is 5.23 Å². The van der Waals surface area contributed by atoms with Crippen molar-refractivity contribution in [3.63, 3.8) is 0 Å². The van der Waals surface area contributed by atoms with E-state index in [-0.39, 0.29) is 17.9 Å². The summed E-state index contributed by atoms with van der Waals surface area (Å²) in [7, 11) is 0. The highest BCUT2D eigenvalue weighted by Gasteiger charge is 1.97. The molecule has 0 aliphatic heterocycles. The third-order valence-corrected chi connectivity index (χ3v) is 0.615. The lowest BCUT2D eigenvalue weighted by atomic mass is 11.1. The van der Waals surface area contributed by atoms with Crippen LogP contribution in [0.1, 0.15) is 0 Å². The molecule has 0 aromatic carbocycles. The normalized spacial score (nSPS) is 8.31. The van der Waals surface area contributed by atoms with Crippen LogP contribution in [0.3, 0.4) is 0 Å². The zero-order valence-electron chi connectivity index (χ0n) is 6.75. The van der Waals surface area contributed by atoms with Gasteiger partial charge in [0.15, 0.2) is 0 Å². The van der Waals surface area contributed by atoms with Crippen molar-refractivity contribution in [2.75, 3.05) is 0 Å². The standard InChI is InChI=1S/C3H12N10/c4-1(5)10-13(11-2(6)7)12-3(8)9/h(H4,4,5,10)(H4,6,7,11)(H4,8,9,12). The van der Waals surface area contributed by atoms with E-state index in [0.717, 1.165) is 0 Å². The third-order valence-electron chi connectivity index (χ3n) is 0.615. The molecule has 0 spiro atoms. The van der Waals surface area contributed by atoms with Gasteiger partial charge in [-0.1, -0.05) is 20.5 Å². The topological polar surface area (TPSA) is 196 Å². The summed E-state index contributed by atoms with van der Waals surface area (Å²) in [5.74, 6) is -0.889. The molecule has 12 N–H and O–H groups in total. The van der Waals surface area contributed by atoms with E-state index in [9.17, 15) is 0 Å². The number of guanidine groups is 3. The quantitative estimate of drug-likeness (QED) is 0.147. The molecule has 0 amide bonds. The van der Waals surface area contributed by atoms with Crippen LogP contribution < -0.4 is 34.4 Å². The first-order valence-corrected chi connectivity index (χ1v) is 3.00. The van der Waals surface area contributed by atoms with Crippen molar-refractivity contribution in [2.45, 2.75) is 0 Å². The van der Waals surface area contributed by atoms with Gasteiger partial charge in [0.25, 0.3) is 0 Å². The van der Waals surface area contributed by atoms with E-state index in [1.165, 1.54) is 0 Å². The average molecular weight is 188 g/mol. The lowest BCUT2D eigenvalue weighted by Gasteiger charge is -2.05.